The molecule has 0 spiro atoms. The predicted molar refractivity (Wildman–Crippen MR) is 80.4 cm³/mol. The Morgan fingerprint density at radius 1 is 1.05 bits per heavy atom. The van der Waals surface area contributed by atoms with Gasteiger partial charge in [0, 0.05) is 0 Å². The predicted octanol–water partition coefficient (Wildman–Crippen LogP) is 3.31. The number of fused-ring (bicyclic) bond motifs is 5. The van der Waals surface area contributed by atoms with E-state index in [-0.39, 0.29) is 23.0 Å². The number of hydrogen-bond acceptors (Lipinski definition) is 3. The van der Waals surface area contributed by atoms with Crippen molar-refractivity contribution >= 4 is 0 Å². The van der Waals surface area contributed by atoms with Gasteiger partial charge in [0.2, 0.25) is 0 Å². The first-order valence-corrected chi connectivity index (χ1v) is 8.23. The van der Waals surface area contributed by atoms with Crippen LogP contribution in [0.3, 0.4) is 0 Å². The van der Waals surface area contributed by atoms with Gasteiger partial charge >= 0.3 is 0 Å². The van der Waals surface area contributed by atoms with Crippen LogP contribution in [-0.4, -0.2) is 21.4 Å². The molecule has 4 rings (SSSR count). The van der Waals surface area contributed by atoms with E-state index in [9.17, 15) is 15.3 Å². The minimum atomic E-state index is -0.141. The highest BCUT2D eigenvalue weighted by atomic mass is 16.3. The maximum atomic E-state index is 10.4. The zero-order valence-corrected chi connectivity index (χ0v) is 12.5. The summed E-state index contributed by atoms with van der Waals surface area (Å²) in [6, 6.07) is 3.54. The van der Waals surface area contributed by atoms with Crippen LogP contribution in [0.2, 0.25) is 0 Å². The molecule has 0 heterocycles. The van der Waals surface area contributed by atoms with Gasteiger partial charge in [0.25, 0.3) is 0 Å². The first-order chi connectivity index (χ1) is 10.0. The third kappa shape index (κ3) is 1.76. The smallest absolute Gasteiger partial charge is 0.157 e. The molecule has 0 saturated heterocycles. The Labute approximate surface area is 125 Å². The molecule has 2 saturated carbocycles. The van der Waals surface area contributed by atoms with Crippen molar-refractivity contribution in [2.45, 2.75) is 57.5 Å². The van der Waals surface area contributed by atoms with E-state index in [4.69, 9.17) is 0 Å². The van der Waals surface area contributed by atoms with Gasteiger partial charge in [0.05, 0.1) is 6.10 Å². The molecule has 3 unspecified atom stereocenters. The number of rotatable bonds is 0. The summed E-state index contributed by atoms with van der Waals surface area (Å²) in [6.45, 7) is 2.27. The summed E-state index contributed by atoms with van der Waals surface area (Å²) < 4.78 is 0. The molecule has 3 heteroatoms. The fourth-order valence-electron chi connectivity index (χ4n) is 5.57. The molecule has 2 fully saturated rings. The number of phenolic OH excluding ortho intramolecular Hbond substituents is 2. The Bertz CT molecular complexity index is 582. The summed E-state index contributed by atoms with van der Waals surface area (Å²) >= 11 is 0. The van der Waals surface area contributed by atoms with Crippen molar-refractivity contribution in [3.63, 3.8) is 0 Å². The standard InChI is InChI=1S/C18H24O3/c1-18-7-6-11-12(14(18)4-5-17(18)21)3-2-10-8-15(19)16(20)9-13(10)11/h8-9,11-12,14,17,19-21H,2-7H2,1H3/t11?,12?,14?,17-,18-/m0/s1. The van der Waals surface area contributed by atoms with Crippen LogP contribution in [0.1, 0.15) is 56.1 Å². The van der Waals surface area contributed by atoms with Crippen LogP contribution >= 0.6 is 0 Å². The van der Waals surface area contributed by atoms with Crippen LogP contribution in [0.4, 0.5) is 0 Å². The van der Waals surface area contributed by atoms with Crippen LogP contribution in [0.15, 0.2) is 12.1 Å². The minimum absolute atomic E-state index is 0.00383. The molecule has 0 aliphatic heterocycles. The van der Waals surface area contributed by atoms with E-state index < -0.39 is 0 Å². The Kier molecular flexibility index (Phi) is 2.81. The maximum Gasteiger partial charge on any atom is 0.157 e. The molecule has 1 aromatic carbocycles. The lowest BCUT2D eigenvalue weighted by atomic mass is 9.55. The lowest BCUT2D eigenvalue weighted by Gasteiger charge is -2.50. The minimum Gasteiger partial charge on any atom is -0.504 e. The number of aliphatic hydroxyl groups is 1. The number of aromatic hydroxyl groups is 2. The van der Waals surface area contributed by atoms with Gasteiger partial charge in [-0.1, -0.05) is 6.92 Å². The lowest BCUT2D eigenvalue weighted by molar-refractivity contribution is -0.0226. The van der Waals surface area contributed by atoms with Crippen LogP contribution in [0.25, 0.3) is 0 Å². The Morgan fingerprint density at radius 2 is 1.81 bits per heavy atom. The zero-order valence-electron chi connectivity index (χ0n) is 12.5. The number of hydrogen-bond donors (Lipinski definition) is 3. The molecular formula is C18H24O3. The van der Waals surface area contributed by atoms with Gasteiger partial charge in [0.15, 0.2) is 11.5 Å². The van der Waals surface area contributed by atoms with Crippen molar-refractivity contribution in [3.8, 4) is 11.5 Å². The molecule has 0 bridgehead atoms. The third-order valence-corrected chi connectivity index (χ3v) is 6.77. The zero-order chi connectivity index (χ0) is 14.8. The van der Waals surface area contributed by atoms with Crippen molar-refractivity contribution in [1.82, 2.24) is 0 Å². The summed E-state index contributed by atoms with van der Waals surface area (Å²) in [6.07, 6.45) is 6.23. The van der Waals surface area contributed by atoms with Crippen molar-refractivity contribution in [1.29, 1.82) is 0 Å². The molecule has 3 N–H and O–H groups in total. The van der Waals surface area contributed by atoms with Gasteiger partial charge in [-0.2, -0.15) is 0 Å². The van der Waals surface area contributed by atoms with Gasteiger partial charge in [-0.15, -0.1) is 0 Å². The number of aliphatic hydroxyl groups excluding tert-OH is 1. The van der Waals surface area contributed by atoms with E-state index in [1.807, 2.05) is 0 Å². The second-order valence-electron chi connectivity index (χ2n) is 7.59. The SMILES string of the molecule is C[C@]12CCC3c4cc(O)c(O)cc4CCC3C1CC[C@@H]2O. The van der Waals surface area contributed by atoms with Gasteiger partial charge in [-0.25, -0.2) is 0 Å². The highest BCUT2D eigenvalue weighted by Gasteiger charge is 2.54. The highest BCUT2D eigenvalue weighted by molar-refractivity contribution is 5.48. The van der Waals surface area contributed by atoms with Gasteiger partial charge in [0.1, 0.15) is 0 Å². The molecule has 0 aromatic heterocycles. The van der Waals surface area contributed by atoms with Crippen LogP contribution < -0.4 is 0 Å². The molecule has 3 aliphatic carbocycles. The second-order valence-corrected chi connectivity index (χ2v) is 7.59. The average molecular weight is 288 g/mol. The Balaban J connectivity index is 1.73. The van der Waals surface area contributed by atoms with Crippen molar-refractivity contribution in [2.75, 3.05) is 0 Å². The van der Waals surface area contributed by atoms with Crippen LogP contribution in [0.5, 0.6) is 11.5 Å². The molecular weight excluding hydrogens is 264 g/mol. The topological polar surface area (TPSA) is 60.7 Å². The lowest BCUT2D eigenvalue weighted by Crippen LogP contribution is -2.43. The molecule has 0 radical (unpaired) electrons. The van der Waals surface area contributed by atoms with Gasteiger partial charge in [-0.05, 0) is 85.0 Å². The van der Waals surface area contributed by atoms with Crippen LogP contribution in [0, 0.1) is 17.3 Å². The third-order valence-electron chi connectivity index (χ3n) is 6.77. The number of phenols is 2. The van der Waals surface area contributed by atoms with Crippen molar-refractivity contribution < 1.29 is 15.3 Å². The van der Waals surface area contributed by atoms with Crippen molar-refractivity contribution in [3.05, 3.63) is 23.3 Å². The van der Waals surface area contributed by atoms with Crippen LogP contribution in [-0.2, 0) is 6.42 Å². The van der Waals surface area contributed by atoms with Gasteiger partial charge in [-0.3, -0.25) is 0 Å². The summed E-state index contributed by atoms with van der Waals surface area (Å²) in [4.78, 5) is 0. The maximum absolute atomic E-state index is 10.4. The van der Waals surface area contributed by atoms with E-state index in [1.165, 1.54) is 11.1 Å². The summed E-state index contributed by atoms with van der Waals surface area (Å²) in [5, 5.41) is 29.9. The van der Waals surface area contributed by atoms with Crippen molar-refractivity contribution in [2.24, 2.45) is 17.3 Å². The molecule has 1 aromatic rings. The number of aryl methyl sites for hydroxylation is 1. The summed E-state index contributed by atoms with van der Waals surface area (Å²) in [5.41, 5.74) is 2.54. The van der Waals surface area contributed by atoms with E-state index in [0.29, 0.717) is 17.8 Å². The summed E-state index contributed by atoms with van der Waals surface area (Å²) in [5.74, 6) is 1.73. The summed E-state index contributed by atoms with van der Waals surface area (Å²) in [7, 11) is 0. The van der Waals surface area contributed by atoms with E-state index >= 15 is 0 Å². The van der Waals surface area contributed by atoms with E-state index in [1.54, 1.807) is 12.1 Å². The normalized spacial score (nSPS) is 41.2. The fourth-order valence-corrected chi connectivity index (χ4v) is 5.57. The second kappa shape index (κ2) is 4.39. The Morgan fingerprint density at radius 3 is 2.62 bits per heavy atom. The first-order valence-electron chi connectivity index (χ1n) is 8.23. The quantitative estimate of drug-likeness (QED) is 0.642. The van der Waals surface area contributed by atoms with E-state index in [0.717, 1.165) is 38.5 Å². The highest BCUT2D eigenvalue weighted by Crippen LogP contribution is 2.61. The molecule has 5 atom stereocenters. The molecule has 3 aliphatic rings. The molecule has 21 heavy (non-hydrogen) atoms. The van der Waals surface area contributed by atoms with Gasteiger partial charge < -0.3 is 15.3 Å². The monoisotopic (exact) mass is 288 g/mol. The largest absolute Gasteiger partial charge is 0.504 e. The molecule has 0 amide bonds. The number of benzene rings is 1. The average Bonchev–Trinajstić information content (AvgIpc) is 2.76. The van der Waals surface area contributed by atoms with E-state index in [2.05, 4.69) is 6.92 Å². The molecule has 114 valence electrons. The Hall–Kier alpha value is -1.22. The first kappa shape index (κ1) is 13.4. The molecule has 3 nitrogen and oxygen atoms in total. The fraction of sp³-hybridized carbons (Fsp3) is 0.667.